The molecule has 0 bridgehead atoms. The summed E-state index contributed by atoms with van der Waals surface area (Å²) in [4.78, 5) is 12.8. The molecule has 0 radical (unpaired) electrons. The van der Waals surface area contributed by atoms with Crippen molar-refractivity contribution in [1.82, 2.24) is 5.32 Å². The number of carboxylic acid groups (broad SMARTS) is 1. The van der Waals surface area contributed by atoms with E-state index in [1.54, 1.807) is 11.3 Å². The fraction of sp³-hybridized carbons (Fsp3) is 0.667. The summed E-state index contributed by atoms with van der Waals surface area (Å²) in [6, 6.07) is 3.94. The summed E-state index contributed by atoms with van der Waals surface area (Å²) in [7, 11) is 0. The SMILES string of the molecule is CC(C)C(CNCc1ccc(CC(=O)O)s1)C(C)C. The van der Waals surface area contributed by atoms with Crippen LogP contribution in [-0.2, 0) is 17.8 Å². The van der Waals surface area contributed by atoms with Crippen LogP contribution < -0.4 is 5.32 Å². The molecule has 0 saturated heterocycles. The molecule has 3 nitrogen and oxygen atoms in total. The van der Waals surface area contributed by atoms with Crippen LogP contribution in [0.25, 0.3) is 0 Å². The summed E-state index contributed by atoms with van der Waals surface area (Å²) in [6.07, 6.45) is 0.130. The molecule has 1 rings (SSSR count). The number of aliphatic carboxylic acids is 1. The molecule has 108 valence electrons. The lowest BCUT2D eigenvalue weighted by Gasteiger charge is -2.25. The van der Waals surface area contributed by atoms with Crippen LogP contribution in [-0.4, -0.2) is 17.6 Å². The Morgan fingerprint density at radius 1 is 1.21 bits per heavy atom. The van der Waals surface area contributed by atoms with Crippen LogP contribution in [0.5, 0.6) is 0 Å². The summed E-state index contributed by atoms with van der Waals surface area (Å²) in [5.74, 6) is 1.27. The van der Waals surface area contributed by atoms with Crippen LogP contribution >= 0.6 is 11.3 Å². The van der Waals surface area contributed by atoms with Crippen molar-refractivity contribution >= 4 is 17.3 Å². The molecule has 0 saturated carbocycles. The van der Waals surface area contributed by atoms with E-state index in [1.807, 2.05) is 12.1 Å². The molecular weight excluding hydrogens is 258 g/mol. The lowest BCUT2D eigenvalue weighted by molar-refractivity contribution is -0.136. The summed E-state index contributed by atoms with van der Waals surface area (Å²) in [5.41, 5.74) is 0. The van der Waals surface area contributed by atoms with Gasteiger partial charge in [-0.1, -0.05) is 27.7 Å². The Bertz CT molecular complexity index is 391. The highest BCUT2D eigenvalue weighted by atomic mass is 32.1. The van der Waals surface area contributed by atoms with Crippen LogP contribution in [0.2, 0.25) is 0 Å². The second-order valence-corrected chi connectivity index (χ2v) is 6.97. The van der Waals surface area contributed by atoms with Gasteiger partial charge in [-0.2, -0.15) is 0 Å². The Kier molecular flexibility index (Phi) is 6.52. The third-order valence-electron chi connectivity index (χ3n) is 3.43. The topological polar surface area (TPSA) is 49.3 Å². The first-order valence-corrected chi connectivity index (χ1v) is 7.72. The maximum absolute atomic E-state index is 10.6. The van der Waals surface area contributed by atoms with Crippen molar-refractivity contribution in [1.29, 1.82) is 0 Å². The van der Waals surface area contributed by atoms with Gasteiger partial charge in [0.15, 0.2) is 0 Å². The molecule has 0 aliphatic heterocycles. The van der Waals surface area contributed by atoms with Gasteiger partial charge in [0.05, 0.1) is 6.42 Å². The van der Waals surface area contributed by atoms with Gasteiger partial charge in [-0.3, -0.25) is 4.79 Å². The minimum absolute atomic E-state index is 0.130. The third kappa shape index (κ3) is 5.74. The molecule has 0 fully saturated rings. The van der Waals surface area contributed by atoms with Crippen molar-refractivity contribution in [2.24, 2.45) is 17.8 Å². The average molecular weight is 283 g/mol. The van der Waals surface area contributed by atoms with E-state index in [9.17, 15) is 4.79 Å². The molecule has 1 aromatic heterocycles. The quantitative estimate of drug-likeness (QED) is 0.769. The molecule has 0 spiro atoms. The number of nitrogens with one attached hydrogen (secondary N) is 1. The lowest BCUT2D eigenvalue weighted by atomic mass is 9.85. The highest BCUT2D eigenvalue weighted by molar-refractivity contribution is 7.12. The van der Waals surface area contributed by atoms with E-state index in [4.69, 9.17) is 5.11 Å². The van der Waals surface area contributed by atoms with Gasteiger partial charge in [-0.15, -0.1) is 11.3 Å². The summed E-state index contributed by atoms with van der Waals surface area (Å²) in [6.45, 7) is 10.9. The predicted molar refractivity (Wildman–Crippen MR) is 80.5 cm³/mol. The molecule has 2 N–H and O–H groups in total. The van der Waals surface area contributed by atoms with Gasteiger partial charge < -0.3 is 10.4 Å². The van der Waals surface area contributed by atoms with Crippen molar-refractivity contribution in [3.05, 3.63) is 21.9 Å². The standard InChI is InChI=1S/C15H25NO2S/c1-10(2)14(11(3)4)9-16-8-13-6-5-12(19-13)7-15(17)18/h5-6,10-11,14,16H,7-9H2,1-4H3,(H,17,18). The Morgan fingerprint density at radius 3 is 2.32 bits per heavy atom. The van der Waals surface area contributed by atoms with E-state index >= 15 is 0 Å². The van der Waals surface area contributed by atoms with E-state index in [-0.39, 0.29) is 6.42 Å². The first-order valence-electron chi connectivity index (χ1n) is 6.90. The van der Waals surface area contributed by atoms with E-state index in [0.717, 1.165) is 18.0 Å². The molecule has 0 aromatic carbocycles. The first-order chi connectivity index (χ1) is 8.90. The maximum atomic E-state index is 10.6. The highest BCUT2D eigenvalue weighted by Gasteiger charge is 2.16. The zero-order valence-corrected chi connectivity index (χ0v) is 13.1. The minimum atomic E-state index is -0.763. The van der Waals surface area contributed by atoms with Crippen molar-refractivity contribution in [2.75, 3.05) is 6.54 Å². The van der Waals surface area contributed by atoms with Gasteiger partial charge in [-0.25, -0.2) is 0 Å². The first kappa shape index (κ1) is 16.2. The van der Waals surface area contributed by atoms with Crippen molar-refractivity contribution in [3.8, 4) is 0 Å². The second-order valence-electron chi connectivity index (χ2n) is 5.72. The van der Waals surface area contributed by atoms with E-state index in [2.05, 4.69) is 33.0 Å². The van der Waals surface area contributed by atoms with Crippen molar-refractivity contribution in [3.63, 3.8) is 0 Å². The molecule has 0 atom stereocenters. The fourth-order valence-corrected chi connectivity index (χ4v) is 3.34. The molecular formula is C15H25NO2S. The molecule has 0 aliphatic rings. The number of thiophene rings is 1. The summed E-state index contributed by atoms with van der Waals surface area (Å²) in [5, 5.41) is 12.2. The van der Waals surface area contributed by atoms with Gasteiger partial charge in [0, 0.05) is 16.3 Å². The van der Waals surface area contributed by atoms with Crippen LogP contribution in [0.3, 0.4) is 0 Å². The molecule has 1 heterocycles. The highest BCUT2D eigenvalue weighted by Crippen LogP contribution is 2.20. The third-order valence-corrected chi connectivity index (χ3v) is 4.52. The zero-order chi connectivity index (χ0) is 14.4. The van der Waals surface area contributed by atoms with Gasteiger partial charge >= 0.3 is 5.97 Å². The Balaban J connectivity index is 2.40. The predicted octanol–water partition coefficient (Wildman–Crippen LogP) is 3.39. The van der Waals surface area contributed by atoms with Crippen molar-refractivity contribution < 1.29 is 9.90 Å². The Hall–Kier alpha value is -0.870. The molecule has 0 unspecified atom stereocenters. The number of hydrogen-bond acceptors (Lipinski definition) is 3. The number of carbonyl (C=O) groups is 1. The Labute approximate surface area is 120 Å². The van der Waals surface area contributed by atoms with Crippen LogP contribution in [0.4, 0.5) is 0 Å². The number of rotatable bonds is 8. The van der Waals surface area contributed by atoms with Gasteiger partial charge in [0.25, 0.3) is 0 Å². The normalized spacial score (nSPS) is 11.7. The molecule has 0 aliphatic carbocycles. The molecule has 4 heteroatoms. The Morgan fingerprint density at radius 2 is 1.79 bits per heavy atom. The van der Waals surface area contributed by atoms with Gasteiger partial charge in [0.2, 0.25) is 0 Å². The molecule has 0 amide bonds. The van der Waals surface area contributed by atoms with E-state index in [0.29, 0.717) is 17.8 Å². The smallest absolute Gasteiger partial charge is 0.308 e. The summed E-state index contributed by atoms with van der Waals surface area (Å²) >= 11 is 1.59. The van der Waals surface area contributed by atoms with Gasteiger partial charge in [-0.05, 0) is 36.4 Å². The monoisotopic (exact) mass is 283 g/mol. The average Bonchev–Trinajstić information content (AvgIpc) is 2.70. The van der Waals surface area contributed by atoms with Crippen molar-refractivity contribution in [2.45, 2.75) is 40.7 Å². The minimum Gasteiger partial charge on any atom is -0.481 e. The summed E-state index contributed by atoms with van der Waals surface area (Å²) < 4.78 is 0. The second kappa shape index (κ2) is 7.65. The number of carboxylic acids is 1. The number of hydrogen-bond donors (Lipinski definition) is 2. The largest absolute Gasteiger partial charge is 0.481 e. The zero-order valence-electron chi connectivity index (χ0n) is 12.3. The fourth-order valence-electron chi connectivity index (χ4n) is 2.36. The molecule has 19 heavy (non-hydrogen) atoms. The van der Waals surface area contributed by atoms with Crippen LogP contribution in [0, 0.1) is 17.8 Å². The van der Waals surface area contributed by atoms with E-state index in [1.165, 1.54) is 4.88 Å². The van der Waals surface area contributed by atoms with Crippen LogP contribution in [0.1, 0.15) is 37.4 Å². The van der Waals surface area contributed by atoms with E-state index < -0.39 is 5.97 Å². The molecule has 1 aromatic rings. The maximum Gasteiger partial charge on any atom is 0.308 e. The van der Waals surface area contributed by atoms with Crippen LogP contribution in [0.15, 0.2) is 12.1 Å². The lowest BCUT2D eigenvalue weighted by Crippen LogP contribution is -2.29. The van der Waals surface area contributed by atoms with Gasteiger partial charge in [0.1, 0.15) is 0 Å².